The highest BCUT2D eigenvalue weighted by atomic mass is 16.5. The molecule has 0 saturated heterocycles. The summed E-state index contributed by atoms with van der Waals surface area (Å²) < 4.78 is 5.66. The molecule has 1 unspecified atom stereocenters. The van der Waals surface area contributed by atoms with Crippen LogP contribution in [0.15, 0.2) is 72.8 Å². The average molecular weight is 491 g/mol. The molecule has 1 aliphatic carbocycles. The zero-order valence-electron chi connectivity index (χ0n) is 20.5. The summed E-state index contributed by atoms with van der Waals surface area (Å²) in [4.78, 5) is 33.3. The number of phenolic OH excluding ortho intramolecular Hbond substituents is 1. The number of anilines is 1. The van der Waals surface area contributed by atoms with E-state index in [1.807, 2.05) is 73.7 Å². The van der Waals surface area contributed by atoms with Crippen molar-refractivity contribution < 1.29 is 19.4 Å². The monoisotopic (exact) mass is 490 g/mol. The van der Waals surface area contributed by atoms with Gasteiger partial charge in [0.15, 0.2) is 6.61 Å². The molecule has 1 aliphatic heterocycles. The van der Waals surface area contributed by atoms with Gasteiger partial charge in [-0.3, -0.25) is 4.79 Å². The number of fused-ring (bicyclic) bond motifs is 3. The lowest BCUT2D eigenvalue weighted by molar-refractivity contribution is -0.122. The fourth-order valence-corrected chi connectivity index (χ4v) is 5.50. The summed E-state index contributed by atoms with van der Waals surface area (Å²) in [5, 5.41) is 10.3. The Kier molecular flexibility index (Phi) is 5.72. The van der Waals surface area contributed by atoms with Crippen molar-refractivity contribution in [2.45, 2.75) is 32.2 Å². The molecule has 2 heterocycles. The number of amides is 1. The van der Waals surface area contributed by atoms with E-state index in [0.717, 1.165) is 51.9 Å². The number of allylic oxidation sites excluding steroid dienone is 1. The maximum atomic E-state index is 13.5. The Morgan fingerprint density at radius 3 is 2.62 bits per heavy atom. The van der Waals surface area contributed by atoms with Crippen molar-refractivity contribution in [3.63, 3.8) is 0 Å². The largest absolute Gasteiger partial charge is 0.508 e. The van der Waals surface area contributed by atoms with E-state index in [1.165, 1.54) is 0 Å². The first-order chi connectivity index (χ1) is 18.0. The lowest BCUT2D eigenvalue weighted by Gasteiger charge is -2.22. The number of aromatic nitrogens is 1. The van der Waals surface area contributed by atoms with Crippen molar-refractivity contribution in [3.8, 4) is 5.75 Å². The van der Waals surface area contributed by atoms with E-state index in [-0.39, 0.29) is 24.3 Å². The molecule has 6 nitrogen and oxygen atoms in total. The van der Waals surface area contributed by atoms with Gasteiger partial charge in [-0.15, -0.1) is 0 Å². The molecule has 37 heavy (non-hydrogen) atoms. The summed E-state index contributed by atoms with van der Waals surface area (Å²) in [6.45, 7) is 1.68. The van der Waals surface area contributed by atoms with Crippen molar-refractivity contribution in [2.24, 2.45) is 0 Å². The highest BCUT2D eigenvalue weighted by Gasteiger charge is 2.32. The Morgan fingerprint density at radius 1 is 1.03 bits per heavy atom. The third kappa shape index (κ3) is 4.14. The minimum absolute atomic E-state index is 0.0159. The molecular formula is C31H26N2O4. The van der Waals surface area contributed by atoms with Gasteiger partial charge in [0, 0.05) is 17.1 Å². The molecular weight excluding hydrogens is 464 g/mol. The molecule has 1 N–H and O–H groups in total. The summed E-state index contributed by atoms with van der Waals surface area (Å²) in [5.74, 6) is -0.521. The summed E-state index contributed by atoms with van der Waals surface area (Å²) >= 11 is 0. The highest BCUT2D eigenvalue weighted by molar-refractivity contribution is 6.08. The van der Waals surface area contributed by atoms with Crippen molar-refractivity contribution in [2.75, 3.05) is 11.5 Å². The average Bonchev–Trinajstić information content (AvgIpc) is 3.46. The van der Waals surface area contributed by atoms with Crippen LogP contribution in [0.3, 0.4) is 0 Å². The van der Waals surface area contributed by atoms with Crippen LogP contribution in [0.5, 0.6) is 5.75 Å². The second-order valence-corrected chi connectivity index (χ2v) is 9.61. The van der Waals surface area contributed by atoms with Gasteiger partial charge in [0.05, 0.1) is 16.8 Å². The number of ether oxygens (including phenoxy) is 1. The maximum absolute atomic E-state index is 13.5. The highest BCUT2D eigenvalue weighted by Crippen LogP contribution is 2.38. The maximum Gasteiger partial charge on any atom is 0.339 e. The number of carbonyl (C=O) groups excluding carboxylic acids is 2. The van der Waals surface area contributed by atoms with Gasteiger partial charge < -0.3 is 14.7 Å². The predicted octanol–water partition coefficient (Wildman–Crippen LogP) is 5.56. The number of phenols is 1. The first-order valence-corrected chi connectivity index (χ1v) is 12.5. The smallest absolute Gasteiger partial charge is 0.339 e. The number of benzene rings is 3. The quantitative estimate of drug-likeness (QED) is 0.379. The first-order valence-electron chi connectivity index (χ1n) is 12.5. The Bertz CT molecular complexity index is 1570. The number of pyridine rings is 1. The van der Waals surface area contributed by atoms with E-state index >= 15 is 0 Å². The molecule has 0 spiro atoms. The minimum atomic E-state index is -0.505. The Morgan fingerprint density at radius 2 is 1.78 bits per heavy atom. The number of hydrogen-bond donors (Lipinski definition) is 1. The standard InChI is InChI=1S/C31H26N2O4/c1-19-16-21-6-2-5-9-27(21)33(19)28(35)18-37-31(36)29-24-7-3-4-8-26(24)32-30-22(12-15-25(29)30)17-20-10-13-23(34)14-11-20/h2-11,13-14,17,19,34H,12,15-16,18H2,1H3. The second-order valence-electron chi connectivity index (χ2n) is 9.61. The van der Waals surface area contributed by atoms with Crippen LogP contribution in [0.2, 0.25) is 0 Å². The fraction of sp³-hybridized carbons (Fsp3) is 0.194. The topological polar surface area (TPSA) is 79.7 Å². The van der Waals surface area contributed by atoms with Gasteiger partial charge in [-0.25, -0.2) is 9.78 Å². The van der Waals surface area contributed by atoms with Gasteiger partial charge in [0.25, 0.3) is 5.91 Å². The SMILES string of the molecule is CC1Cc2ccccc2N1C(=O)COC(=O)c1c2c(nc3ccccc13)C(=Cc1ccc(O)cc1)CC2. The lowest BCUT2D eigenvalue weighted by atomic mass is 10.0. The molecule has 4 aromatic rings. The summed E-state index contributed by atoms with van der Waals surface area (Å²) in [6, 6.07) is 22.4. The van der Waals surface area contributed by atoms with Gasteiger partial charge in [0.1, 0.15) is 5.75 Å². The number of carbonyl (C=O) groups is 2. The molecule has 3 aromatic carbocycles. The Labute approximate surface area is 214 Å². The molecule has 0 fully saturated rings. The van der Waals surface area contributed by atoms with Gasteiger partial charge in [0.2, 0.25) is 0 Å². The number of aromatic hydroxyl groups is 1. The lowest BCUT2D eigenvalue weighted by Crippen LogP contribution is -2.38. The predicted molar refractivity (Wildman–Crippen MR) is 143 cm³/mol. The van der Waals surface area contributed by atoms with E-state index in [4.69, 9.17) is 9.72 Å². The third-order valence-electron chi connectivity index (χ3n) is 7.18. The van der Waals surface area contributed by atoms with E-state index in [1.54, 1.807) is 17.0 Å². The van der Waals surface area contributed by atoms with Crippen LogP contribution in [-0.2, 0) is 22.4 Å². The van der Waals surface area contributed by atoms with Crippen molar-refractivity contribution in [1.29, 1.82) is 0 Å². The van der Waals surface area contributed by atoms with Crippen molar-refractivity contribution in [3.05, 3.63) is 101 Å². The zero-order chi connectivity index (χ0) is 25.5. The van der Waals surface area contributed by atoms with Gasteiger partial charge in [-0.1, -0.05) is 48.5 Å². The number of hydrogen-bond acceptors (Lipinski definition) is 5. The molecule has 6 heteroatoms. The third-order valence-corrected chi connectivity index (χ3v) is 7.18. The Hall–Kier alpha value is -4.45. The summed E-state index contributed by atoms with van der Waals surface area (Å²) in [5.41, 5.74) is 6.81. The molecule has 6 rings (SSSR count). The number of nitrogens with zero attached hydrogens (tertiary/aromatic N) is 2. The van der Waals surface area contributed by atoms with E-state index in [2.05, 4.69) is 0 Å². The normalized spacial score (nSPS) is 17.2. The van der Waals surface area contributed by atoms with Crippen LogP contribution in [0.4, 0.5) is 5.69 Å². The zero-order valence-corrected chi connectivity index (χ0v) is 20.5. The van der Waals surface area contributed by atoms with Crippen LogP contribution >= 0.6 is 0 Å². The molecule has 0 saturated carbocycles. The minimum Gasteiger partial charge on any atom is -0.508 e. The van der Waals surface area contributed by atoms with Gasteiger partial charge in [-0.05, 0) is 78.8 Å². The number of rotatable bonds is 4. The molecule has 0 radical (unpaired) electrons. The molecule has 1 amide bonds. The van der Waals surface area contributed by atoms with Crippen LogP contribution in [0.1, 0.15) is 46.1 Å². The van der Waals surface area contributed by atoms with Gasteiger partial charge >= 0.3 is 5.97 Å². The van der Waals surface area contributed by atoms with Crippen LogP contribution in [0.25, 0.3) is 22.6 Å². The fourth-order valence-electron chi connectivity index (χ4n) is 5.50. The summed E-state index contributed by atoms with van der Waals surface area (Å²) in [7, 11) is 0. The van der Waals surface area contributed by atoms with Crippen LogP contribution < -0.4 is 4.90 Å². The van der Waals surface area contributed by atoms with E-state index < -0.39 is 5.97 Å². The van der Waals surface area contributed by atoms with Crippen LogP contribution in [-0.4, -0.2) is 34.6 Å². The Balaban J connectivity index is 1.31. The number of para-hydroxylation sites is 2. The van der Waals surface area contributed by atoms with Crippen molar-refractivity contribution >= 4 is 40.1 Å². The molecule has 184 valence electrons. The second kappa shape index (κ2) is 9.21. The van der Waals surface area contributed by atoms with Crippen LogP contribution in [0, 0.1) is 0 Å². The molecule has 1 atom stereocenters. The van der Waals surface area contributed by atoms with Gasteiger partial charge in [-0.2, -0.15) is 0 Å². The number of esters is 1. The molecule has 2 aliphatic rings. The molecule has 1 aromatic heterocycles. The van der Waals surface area contributed by atoms with E-state index in [0.29, 0.717) is 17.5 Å². The first kappa shape index (κ1) is 23.0. The summed E-state index contributed by atoms with van der Waals surface area (Å²) in [6.07, 6.45) is 4.22. The van der Waals surface area contributed by atoms with Crippen molar-refractivity contribution in [1.82, 2.24) is 4.98 Å². The molecule has 0 bridgehead atoms. The van der Waals surface area contributed by atoms with E-state index in [9.17, 15) is 14.7 Å².